The lowest BCUT2D eigenvalue weighted by molar-refractivity contribution is 0.563. The average Bonchev–Trinajstić information content (AvgIpc) is 2.38. The summed E-state index contributed by atoms with van der Waals surface area (Å²) in [4.78, 5) is 0. The van der Waals surface area contributed by atoms with Crippen molar-refractivity contribution in [2.45, 2.75) is 12.5 Å². The molecule has 1 atom stereocenters. The van der Waals surface area contributed by atoms with Gasteiger partial charge in [-0.15, -0.1) is 0 Å². The number of nitriles is 1. The van der Waals surface area contributed by atoms with Crippen LogP contribution in [0.1, 0.15) is 6.42 Å². The van der Waals surface area contributed by atoms with E-state index in [4.69, 9.17) is 5.26 Å². The third kappa shape index (κ3) is 2.77. The second-order valence-electron chi connectivity index (χ2n) is 2.72. The number of rotatable bonds is 3. The van der Waals surface area contributed by atoms with Gasteiger partial charge < -0.3 is 5.32 Å². The normalized spacial score (nSPS) is 23.8. The van der Waals surface area contributed by atoms with E-state index in [0.717, 1.165) is 13.0 Å². The Hall–Kier alpha value is -0.640. The minimum atomic E-state index is -3.37. The van der Waals surface area contributed by atoms with Crippen LogP contribution in [-0.4, -0.2) is 33.3 Å². The molecule has 12 heavy (non-hydrogen) atoms. The van der Waals surface area contributed by atoms with Gasteiger partial charge in [0, 0.05) is 12.6 Å². The SMILES string of the molecule is N#CCS(=O)(=O)N[C@H]1CCNC1. The molecular weight excluding hydrogens is 178 g/mol. The summed E-state index contributed by atoms with van der Waals surface area (Å²) in [5.74, 6) is -0.455. The largest absolute Gasteiger partial charge is 0.315 e. The van der Waals surface area contributed by atoms with Gasteiger partial charge in [-0.1, -0.05) is 0 Å². The van der Waals surface area contributed by atoms with Gasteiger partial charge in [0.15, 0.2) is 5.75 Å². The summed E-state index contributed by atoms with van der Waals surface area (Å²) in [7, 11) is -3.37. The van der Waals surface area contributed by atoms with Crippen LogP contribution in [0.15, 0.2) is 0 Å². The van der Waals surface area contributed by atoms with Gasteiger partial charge in [0.1, 0.15) is 0 Å². The van der Waals surface area contributed by atoms with Crippen molar-refractivity contribution in [1.82, 2.24) is 10.0 Å². The average molecular weight is 189 g/mol. The van der Waals surface area contributed by atoms with Gasteiger partial charge in [0.05, 0.1) is 6.07 Å². The van der Waals surface area contributed by atoms with Gasteiger partial charge in [-0.25, -0.2) is 13.1 Å². The zero-order chi connectivity index (χ0) is 9.03. The van der Waals surface area contributed by atoms with Gasteiger partial charge in [-0.3, -0.25) is 0 Å². The zero-order valence-corrected chi connectivity index (χ0v) is 7.39. The molecule has 1 aliphatic heterocycles. The molecule has 5 nitrogen and oxygen atoms in total. The Morgan fingerprint density at radius 1 is 1.67 bits per heavy atom. The van der Waals surface area contributed by atoms with Crippen LogP contribution in [0.2, 0.25) is 0 Å². The minimum absolute atomic E-state index is 0.0386. The first-order valence-corrected chi connectivity index (χ1v) is 5.37. The molecule has 6 heteroatoms. The summed E-state index contributed by atoms with van der Waals surface area (Å²) in [6, 6.07) is 1.57. The van der Waals surface area contributed by atoms with Crippen molar-refractivity contribution in [3.63, 3.8) is 0 Å². The molecule has 0 radical (unpaired) electrons. The number of hydrogen-bond donors (Lipinski definition) is 2. The zero-order valence-electron chi connectivity index (χ0n) is 6.58. The van der Waals surface area contributed by atoms with Crippen molar-refractivity contribution in [2.24, 2.45) is 0 Å². The molecule has 0 aromatic rings. The highest BCUT2D eigenvalue weighted by Crippen LogP contribution is 1.99. The molecular formula is C6H11N3O2S. The van der Waals surface area contributed by atoms with Gasteiger partial charge in [0.25, 0.3) is 0 Å². The Labute approximate surface area is 71.8 Å². The quantitative estimate of drug-likeness (QED) is 0.583. The van der Waals surface area contributed by atoms with Crippen molar-refractivity contribution >= 4 is 10.0 Å². The van der Waals surface area contributed by atoms with Crippen molar-refractivity contribution in [2.75, 3.05) is 18.8 Å². The fourth-order valence-corrected chi connectivity index (χ4v) is 2.10. The number of hydrogen-bond acceptors (Lipinski definition) is 4. The standard InChI is InChI=1S/C6H11N3O2S/c7-2-4-12(10,11)9-6-1-3-8-5-6/h6,8-9H,1,3-5H2/t6-/m0/s1. The number of nitrogens with zero attached hydrogens (tertiary/aromatic N) is 1. The number of nitrogens with one attached hydrogen (secondary N) is 2. The maximum absolute atomic E-state index is 11.0. The fraction of sp³-hybridized carbons (Fsp3) is 0.833. The molecule has 0 spiro atoms. The summed E-state index contributed by atoms with van der Waals surface area (Å²) < 4.78 is 24.5. The van der Waals surface area contributed by atoms with Crippen LogP contribution in [0, 0.1) is 11.3 Å². The lowest BCUT2D eigenvalue weighted by Gasteiger charge is -2.08. The predicted octanol–water partition coefficient (Wildman–Crippen LogP) is -1.21. The van der Waals surface area contributed by atoms with Crippen LogP contribution in [-0.2, 0) is 10.0 Å². The summed E-state index contributed by atoms with van der Waals surface area (Å²) in [6.45, 7) is 1.49. The molecule has 1 rings (SSSR count). The molecule has 0 aliphatic carbocycles. The third-order valence-electron chi connectivity index (χ3n) is 1.66. The summed E-state index contributed by atoms with van der Waals surface area (Å²) in [5.41, 5.74) is 0. The third-order valence-corrected chi connectivity index (χ3v) is 2.86. The van der Waals surface area contributed by atoms with E-state index in [9.17, 15) is 8.42 Å². The molecule has 0 bridgehead atoms. The molecule has 0 saturated carbocycles. The van der Waals surface area contributed by atoms with Crippen LogP contribution >= 0.6 is 0 Å². The lowest BCUT2D eigenvalue weighted by atomic mass is 10.3. The molecule has 1 heterocycles. The second kappa shape index (κ2) is 3.85. The van der Waals surface area contributed by atoms with E-state index < -0.39 is 15.8 Å². The van der Waals surface area contributed by atoms with E-state index in [-0.39, 0.29) is 6.04 Å². The van der Waals surface area contributed by atoms with Crippen LogP contribution in [0.4, 0.5) is 0 Å². The van der Waals surface area contributed by atoms with Gasteiger partial charge in [0.2, 0.25) is 10.0 Å². The molecule has 1 aliphatic rings. The van der Waals surface area contributed by atoms with Crippen LogP contribution in [0.25, 0.3) is 0 Å². The Morgan fingerprint density at radius 2 is 2.42 bits per heavy atom. The van der Waals surface area contributed by atoms with Gasteiger partial charge in [-0.2, -0.15) is 5.26 Å². The van der Waals surface area contributed by atoms with Crippen LogP contribution < -0.4 is 10.0 Å². The summed E-state index contributed by atoms with van der Waals surface area (Å²) in [6.07, 6.45) is 0.796. The Kier molecular flexibility index (Phi) is 3.03. The van der Waals surface area contributed by atoms with Gasteiger partial charge >= 0.3 is 0 Å². The Balaban J connectivity index is 2.44. The van der Waals surface area contributed by atoms with Crippen LogP contribution in [0.5, 0.6) is 0 Å². The molecule has 0 aromatic heterocycles. The van der Waals surface area contributed by atoms with E-state index in [2.05, 4.69) is 10.0 Å². The molecule has 68 valence electrons. The second-order valence-corrected chi connectivity index (χ2v) is 4.48. The van der Waals surface area contributed by atoms with Crippen molar-refractivity contribution < 1.29 is 8.42 Å². The van der Waals surface area contributed by atoms with E-state index in [0.29, 0.717) is 6.54 Å². The van der Waals surface area contributed by atoms with E-state index in [1.54, 1.807) is 6.07 Å². The monoisotopic (exact) mass is 189 g/mol. The maximum atomic E-state index is 11.0. The first-order valence-electron chi connectivity index (χ1n) is 3.72. The van der Waals surface area contributed by atoms with E-state index in [1.165, 1.54) is 0 Å². The molecule has 0 aromatic carbocycles. The first-order chi connectivity index (χ1) is 5.64. The Bertz CT molecular complexity index is 274. The molecule has 0 unspecified atom stereocenters. The first kappa shape index (κ1) is 9.45. The highest BCUT2D eigenvalue weighted by molar-refractivity contribution is 7.89. The molecule has 1 saturated heterocycles. The highest BCUT2D eigenvalue weighted by Gasteiger charge is 2.20. The predicted molar refractivity (Wildman–Crippen MR) is 43.8 cm³/mol. The van der Waals surface area contributed by atoms with E-state index >= 15 is 0 Å². The Morgan fingerprint density at radius 3 is 2.92 bits per heavy atom. The highest BCUT2D eigenvalue weighted by atomic mass is 32.2. The minimum Gasteiger partial charge on any atom is -0.315 e. The van der Waals surface area contributed by atoms with Crippen molar-refractivity contribution in [3.05, 3.63) is 0 Å². The van der Waals surface area contributed by atoms with Crippen molar-refractivity contribution in [1.29, 1.82) is 5.26 Å². The molecule has 1 fully saturated rings. The van der Waals surface area contributed by atoms with Crippen LogP contribution in [0.3, 0.4) is 0 Å². The smallest absolute Gasteiger partial charge is 0.225 e. The fourth-order valence-electron chi connectivity index (χ4n) is 1.14. The molecule has 0 amide bonds. The lowest BCUT2D eigenvalue weighted by Crippen LogP contribution is -2.37. The molecule has 2 N–H and O–H groups in total. The number of sulfonamides is 1. The maximum Gasteiger partial charge on any atom is 0.225 e. The van der Waals surface area contributed by atoms with Gasteiger partial charge in [-0.05, 0) is 13.0 Å². The topological polar surface area (TPSA) is 82.0 Å². The summed E-state index contributed by atoms with van der Waals surface area (Å²) in [5, 5.41) is 11.2. The van der Waals surface area contributed by atoms with Crippen molar-refractivity contribution in [3.8, 4) is 6.07 Å². The summed E-state index contributed by atoms with van der Waals surface area (Å²) >= 11 is 0. The van der Waals surface area contributed by atoms with E-state index in [1.807, 2.05) is 0 Å².